The van der Waals surface area contributed by atoms with Crippen LogP contribution in [0.15, 0.2) is 40.2 Å². The molecule has 0 fully saturated rings. The van der Waals surface area contributed by atoms with Gasteiger partial charge in [-0.25, -0.2) is 4.63 Å². The number of benzene rings is 1. The lowest BCUT2D eigenvalue weighted by Crippen LogP contribution is -2.31. The van der Waals surface area contributed by atoms with Crippen molar-refractivity contribution in [1.29, 1.82) is 0 Å². The quantitative estimate of drug-likeness (QED) is 0.867. The molecule has 1 aliphatic heterocycles. The largest absolute Gasteiger partial charge is 0.497 e. The molecule has 0 amide bonds. The van der Waals surface area contributed by atoms with E-state index in [9.17, 15) is 4.79 Å². The van der Waals surface area contributed by atoms with Crippen LogP contribution in [0.2, 0.25) is 0 Å². The molecule has 1 atom stereocenters. The number of methoxy groups -OCH3 is 1. The number of ketones is 1. The van der Waals surface area contributed by atoms with Gasteiger partial charge in [0.05, 0.1) is 13.2 Å². The summed E-state index contributed by atoms with van der Waals surface area (Å²) in [6, 6.07) is 7.35. The van der Waals surface area contributed by atoms with Gasteiger partial charge in [-0.3, -0.25) is 4.79 Å². The molecule has 0 unspecified atom stereocenters. The molecule has 0 saturated heterocycles. The third-order valence-electron chi connectivity index (χ3n) is 4.70. The van der Waals surface area contributed by atoms with E-state index in [1.165, 1.54) is 0 Å². The molecule has 0 spiro atoms. The van der Waals surface area contributed by atoms with Crippen molar-refractivity contribution in [3.8, 4) is 5.75 Å². The SMILES string of the molecule is COc1ccc([C@@H]2Nc3nonc3NC3=C2C(=O)CC(C)(C)C3)cc1. The normalized spacial score (nSPS) is 21.6. The van der Waals surface area contributed by atoms with Crippen LogP contribution in [0, 0.1) is 5.41 Å². The summed E-state index contributed by atoms with van der Waals surface area (Å²) in [7, 11) is 1.63. The van der Waals surface area contributed by atoms with E-state index in [4.69, 9.17) is 9.37 Å². The molecule has 2 aromatic rings. The summed E-state index contributed by atoms with van der Waals surface area (Å²) >= 11 is 0. The predicted molar refractivity (Wildman–Crippen MR) is 92.3 cm³/mol. The van der Waals surface area contributed by atoms with Gasteiger partial charge >= 0.3 is 0 Å². The number of aromatic nitrogens is 2. The maximum atomic E-state index is 12.9. The average molecular weight is 340 g/mol. The highest BCUT2D eigenvalue weighted by Crippen LogP contribution is 2.44. The molecule has 7 nitrogen and oxygen atoms in total. The van der Waals surface area contributed by atoms with Crippen molar-refractivity contribution in [2.45, 2.75) is 32.7 Å². The van der Waals surface area contributed by atoms with Gasteiger partial charge in [0, 0.05) is 17.7 Å². The van der Waals surface area contributed by atoms with Gasteiger partial charge in [-0.2, -0.15) is 0 Å². The summed E-state index contributed by atoms with van der Waals surface area (Å²) in [5.41, 5.74) is 2.47. The fraction of sp³-hybridized carbons (Fsp3) is 0.389. The molecule has 1 aliphatic carbocycles. The molecule has 1 aromatic carbocycles. The number of carbonyl (C=O) groups is 1. The monoisotopic (exact) mass is 340 g/mol. The molecule has 4 rings (SSSR count). The Morgan fingerprint density at radius 3 is 2.60 bits per heavy atom. The van der Waals surface area contributed by atoms with Crippen LogP contribution in [-0.2, 0) is 4.79 Å². The Hall–Kier alpha value is -2.83. The third-order valence-corrected chi connectivity index (χ3v) is 4.70. The Labute approximate surface area is 145 Å². The summed E-state index contributed by atoms with van der Waals surface area (Å²) in [4.78, 5) is 12.9. The maximum absolute atomic E-state index is 12.9. The number of hydrogen-bond donors (Lipinski definition) is 2. The second kappa shape index (κ2) is 5.61. The van der Waals surface area contributed by atoms with E-state index in [0.717, 1.165) is 29.0 Å². The molecular weight excluding hydrogens is 320 g/mol. The Kier molecular flexibility index (Phi) is 3.52. The zero-order valence-corrected chi connectivity index (χ0v) is 14.4. The highest BCUT2D eigenvalue weighted by atomic mass is 16.6. The van der Waals surface area contributed by atoms with Crippen molar-refractivity contribution in [3.63, 3.8) is 0 Å². The first-order valence-electron chi connectivity index (χ1n) is 8.23. The van der Waals surface area contributed by atoms with Crippen LogP contribution in [0.3, 0.4) is 0 Å². The molecule has 2 heterocycles. The van der Waals surface area contributed by atoms with E-state index < -0.39 is 0 Å². The van der Waals surface area contributed by atoms with Crippen molar-refractivity contribution >= 4 is 17.4 Å². The number of nitrogens with one attached hydrogen (secondary N) is 2. The van der Waals surface area contributed by atoms with Gasteiger partial charge in [0.15, 0.2) is 5.78 Å². The highest BCUT2D eigenvalue weighted by Gasteiger charge is 2.39. The number of nitrogens with zero attached hydrogens (tertiary/aromatic N) is 2. The lowest BCUT2D eigenvalue weighted by Gasteiger charge is -2.34. The van der Waals surface area contributed by atoms with E-state index in [0.29, 0.717) is 18.1 Å². The third kappa shape index (κ3) is 2.75. The van der Waals surface area contributed by atoms with Crippen LogP contribution in [0.1, 0.15) is 38.3 Å². The summed E-state index contributed by atoms with van der Waals surface area (Å²) in [6.45, 7) is 4.19. The van der Waals surface area contributed by atoms with E-state index in [2.05, 4.69) is 34.8 Å². The minimum Gasteiger partial charge on any atom is -0.497 e. The van der Waals surface area contributed by atoms with Crippen molar-refractivity contribution in [3.05, 3.63) is 41.1 Å². The number of carbonyl (C=O) groups excluding carboxylic acids is 1. The predicted octanol–water partition coefficient (Wildman–Crippen LogP) is 3.30. The van der Waals surface area contributed by atoms with Crippen LogP contribution in [0.25, 0.3) is 0 Å². The van der Waals surface area contributed by atoms with E-state index in [-0.39, 0.29) is 17.2 Å². The van der Waals surface area contributed by atoms with Crippen LogP contribution in [0.5, 0.6) is 5.75 Å². The second-order valence-electron chi connectivity index (χ2n) is 7.27. The molecule has 1 aromatic heterocycles. The fourth-order valence-corrected chi connectivity index (χ4v) is 3.54. The number of Topliss-reactive ketones (excluding diaryl/α,β-unsaturated/α-hetero) is 1. The van der Waals surface area contributed by atoms with E-state index in [1.54, 1.807) is 7.11 Å². The minimum absolute atomic E-state index is 0.102. The summed E-state index contributed by atoms with van der Waals surface area (Å²) in [5.74, 6) is 1.91. The molecule has 2 N–H and O–H groups in total. The first-order chi connectivity index (χ1) is 12.0. The molecule has 7 heteroatoms. The highest BCUT2D eigenvalue weighted by molar-refractivity contribution is 6.00. The van der Waals surface area contributed by atoms with Crippen molar-refractivity contribution < 1.29 is 14.2 Å². The Balaban J connectivity index is 1.83. The van der Waals surface area contributed by atoms with Crippen LogP contribution in [0.4, 0.5) is 11.6 Å². The summed E-state index contributed by atoms with van der Waals surface area (Å²) in [6.07, 6.45) is 1.27. The summed E-state index contributed by atoms with van der Waals surface area (Å²) < 4.78 is 10.1. The Morgan fingerprint density at radius 1 is 1.16 bits per heavy atom. The second-order valence-corrected chi connectivity index (χ2v) is 7.27. The minimum atomic E-state index is -0.315. The van der Waals surface area contributed by atoms with Crippen molar-refractivity contribution in [2.75, 3.05) is 17.7 Å². The molecule has 2 aliphatic rings. The number of anilines is 2. The van der Waals surface area contributed by atoms with E-state index >= 15 is 0 Å². The van der Waals surface area contributed by atoms with Gasteiger partial charge in [0.2, 0.25) is 11.6 Å². The smallest absolute Gasteiger partial charge is 0.219 e. The molecule has 0 radical (unpaired) electrons. The van der Waals surface area contributed by atoms with Crippen LogP contribution >= 0.6 is 0 Å². The van der Waals surface area contributed by atoms with Crippen molar-refractivity contribution in [2.24, 2.45) is 5.41 Å². The molecule has 0 saturated carbocycles. The lowest BCUT2D eigenvalue weighted by atomic mass is 9.73. The zero-order valence-electron chi connectivity index (χ0n) is 14.4. The standard InChI is InChI=1S/C18H20N4O3/c1-18(2)8-12-14(13(23)9-18)15(10-4-6-11(24-3)7-5-10)20-17-16(19-12)21-25-22-17/h4-7,15H,8-9H2,1-3H3,(H,19,21)(H,20,22)/t15-/m0/s1. The maximum Gasteiger partial charge on any atom is 0.219 e. The first-order valence-corrected chi connectivity index (χ1v) is 8.23. The van der Waals surface area contributed by atoms with Gasteiger partial charge < -0.3 is 15.4 Å². The first kappa shape index (κ1) is 15.7. The summed E-state index contributed by atoms with van der Waals surface area (Å²) in [5, 5.41) is 14.4. The number of allylic oxidation sites excluding steroid dienone is 1. The zero-order chi connectivity index (χ0) is 17.6. The molecular formula is C18H20N4O3. The van der Waals surface area contributed by atoms with Gasteiger partial charge in [-0.15, -0.1) is 0 Å². The number of rotatable bonds is 2. The fourth-order valence-electron chi connectivity index (χ4n) is 3.54. The van der Waals surface area contributed by atoms with Crippen LogP contribution in [-0.4, -0.2) is 23.2 Å². The number of fused-ring (bicyclic) bond motifs is 1. The Morgan fingerprint density at radius 2 is 1.88 bits per heavy atom. The number of ether oxygens (including phenoxy) is 1. The van der Waals surface area contributed by atoms with Gasteiger partial charge in [0.25, 0.3) is 0 Å². The average Bonchev–Trinajstić information content (AvgIpc) is 2.93. The van der Waals surface area contributed by atoms with Crippen LogP contribution < -0.4 is 15.4 Å². The van der Waals surface area contributed by atoms with E-state index in [1.807, 2.05) is 24.3 Å². The van der Waals surface area contributed by atoms with Gasteiger partial charge in [-0.05, 0) is 39.8 Å². The molecule has 0 bridgehead atoms. The Bertz CT molecular complexity index is 851. The molecule has 130 valence electrons. The lowest BCUT2D eigenvalue weighted by molar-refractivity contribution is -0.118. The topological polar surface area (TPSA) is 89.3 Å². The molecule has 25 heavy (non-hydrogen) atoms. The van der Waals surface area contributed by atoms with Crippen molar-refractivity contribution in [1.82, 2.24) is 10.3 Å². The number of hydrogen-bond acceptors (Lipinski definition) is 7. The van der Waals surface area contributed by atoms with Gasteiger partial charge in [-0.1, -0.05) is 26.0 Å². The van der Waals surface area contributed by atoms with Gasteiger partial charge in [0.1, 0.15) is 5.75 Å².